The molecule has 2 heterocycles. The molecule has 1 N–H and O–H groups in total. The Morgan fingerprint density at radius 1 is 1.53 bits per heavy atom. The minimum atomic E-state index is -0.387. The highest BCUT2D eigenvalue weighted by atomic mass is 79.9. The van der Waals surface area contributed by atoms with Crippen LogP contribution in [0.1, 0.15) is 30.5 Å². The zero-order valence-electron chi connectivity index (χ0n) is 11.3. The van der Waals surface area contributed by atoms with E-state index in [4.69, 9.17) is 4.42 Å². The summed E-state index contributed by atoms with van der Waals surface area (Å²) in [4.78, 5) is 0. The second kappa shape index (κ2) is 6.39. The van der Waals surface area contributed by atoms with E-state index in [-0.39, 0.29) is 6.10 Å². The van der Waals surface area contributed by atoms with Crippen LogP contribution in [0.3, 0.4) is 0 Å². The van der Waals surface area contributed by atoms with Gasteiger partial charge in [0.15, 0.2) is 0 Å². The van der Waals surface area contributed by atoms with E-state index in [1.165, 1.54) is 0 Å². The Hall–Kier alpha value is -1.07. The molecule has 5 heteroatoms. The van der Waals surface area contributed by atoms with Gasteiger partial charge in [-0.25, -0.2) is 0 Å². The van der Waals surface area contributed by atoms with E-state index < -0.39 is 0 Å². The Balaban J connectivity index is 1.95. The van der Waals surface area contributed by atoms with Crippen LogP contribution in [0.15, 0.2) is 27.3 Å². The fraction of sp³-hybridized carbons (Fsp3) is 0.500. The summed E-state index contributed by atoms with van der Waals surface area (Å²) in [5, 5.41) is 14.6. The number of aromatic nitrogens is 2. The van der Waals surface area contributed by atoms with Gasteiger partial charge in [0.05, 0.1) is 28.2 Å². The minimum Gasteiger partial charge on any atom is -0.469 e. The summed E-state index contributed by atoms with van der Waals surface area (Å²) in [5.41, 5.74) is 2.08. The SMILES string of the molecule is CCc1nn(C)c(CC(O)CCc2ccco2)c1Br. The maximum absolute atomic E-state index is 10.1. The maximum atomic E-state index is 10.1. The minimum absolute atomic E-state index is 0.387. The van der Waals surface area contributed by atoms with Crippen molar-refractivity contribution >= 4 is 15.9 Å². The van der Waals surface area contributed by atoms with Crippen molar-refractivity contribution in [3.8, 4) is 0 Å². The summed E-state index contributed by atoms with van der Waals surface area (Å²) >= 11 is 3.57. The van der Waals surface area contributed by atoms with E-state index in [1.54, 1.807) is 6.26 Å². The number of aliphatic hydroxyl groups is 1. The first-order valence-electron chi connectivity index (χ1n) is 6.52. The quantitative estimate of drug-likeness (QED) is 0.888. The molecule has 19 heavy (non-hydrogen) atoms. The average Bonchev–Trinajstić information content (AvgIpc) is 2.99. The first-order valence-corrected chi connectivity index (χ1v) is 7.31. The van der Waals surface area contributed by atoms with Crippen molar-refractivity contribution in [2.45, 2.75) is 38.7 Å². The predicted octanol–water partition coefficient (Wildman–Crippen LogP) is 2.87. The van der Waals surface area contributed by atoms with Crippen molar-refractivity contribution in [3.63, 3.8) is 0 Å². The Labute approximate surface area is 121 Å². The zero-order valence-corrected chi connectivity index (χ0v) is 12.9. The smallest absolute Gasteiger partial charge is 0.103 e. The summed E-state index contributed by atoms with van der Waals surface area (Å²) in [7, 11) is 1.92. The lowest BCUT2D eigenvalue weighted by molar-refractivity contribution is 0.160. The molecule has 4 nitrogen and oxygen atoms in total. The van der Waals surface area contributed by atoms with Crippen molar-refractivity contribution in [2.75, 3.05) is 0 Å². The zero-order chi connectivity index (χ0) is 13.8. The molecule has 0 saturated heterocycles. The molecular formula is C14H19BrN2O2. The molecule has 0 fully saturated rings. The van der Waals surface area contributed by atoms with Crippen LogP contribution in [0, 0.1) is 0 Å². The van der Waals surface area contributed by atoms with E-state index in [1.807, 2.05) is 23.9 Å². The van der Waals surface area contributed by atoms with Gasteiger partial charge in [0.2, 0.25) is 0 Å². The second-order valence-corrected chi connectivity index (χ2v) is 5.45. The Bertz CT molecular complexity index is 520. The lowest BCUT2D eigenvalue weighted by atomic mass is 10.1. The van der Waals surface area contributed by atoms with Gasteiger partial charge < -0.3 is 9.52 Å². The molecule has 0 aliphatic heterocycles. The molecule has 2 rings (SSSR count). The fourth-order valence-corrected chi connectivity index (χ4v) is 2.91. The Kier molecular flexibility index (Phi) is 4.82. The summed E-state index contributed by atoms with van der Waals surface area (Å²) in [6, 6.07) is 3.80. The maximum Gasteiger partial charge on any atom is 0.103 e. The average molecular weight is 327 g/mol. The molecule has 0 radical (unpaired) electrons. The van der Waals surface area contributed by atoms with Gasteiger partial charge in [0.25, 0.3) is 0 Å². The third kappa shape index (κ3) is 3.48. The van der Waals surface area contributed by atoms with Crippen LogP contribution in [0.5, 0.6) is 0 Å². The summed E-state index contributed by atoms with van der Waals surface area (Å²) < 4.78 is 8.13. The molecule has 0 aliphatic rings. The van der Waals surface area contributed by atoms with Crippen LogP contribution >= 0.6 is 15.9 Å². The summed E-state index contributed by atoms with van der Waals surface area (Å²) in [6.07, 6.45) is 4.20. The first kappa shape index (κ1) is 14.3. The third-order valence-electron chi connectivity index (χ3n) is 3.24. The van der Waals surface area contributed by atoms with Gasteiger partial charge in [0, 0.05) is 19.9 Å². The number of aryl methyl sites for hydroxylation is 3. The molecule has 0 bridgehead atoms. The number of furan rings is 1. The highest BCUT2D eigenvalue weighted by Gasteiger charge is 2.16. The van der Waals surface area contributed by atoms with Crippen LogP contribution in [-0.2, 0) is 26.3 Å². The van der Waals surface area contributed by atoms with Crippen LogP contribution in [-0.4, -0.2) is 21.0 Å². The second-order valence-electron chi connectivity index (χ2n) is 4.66. The largest absolute Gasteiger partial charge is 0.469 e. The summed E-state index contributed by atoms with van der Waals surface area (Å²) in [5.74, 6) is 0.914. The van der Waals surface area contributed by atoms with Crippen molar-refractivity contribution < 1.29 is 9.52 Å². The van der Waals surface area contributed by atoms with Gasteiger partial charge in [-0.2, -0.15) is 5.10 Å². The van der Waals surface area contributed by atoms with Gasteiger partial charge in [-0.3, -0.25) is 4.68 Å². The Morgan fingerprint density at radius 2 is 2.32 bits per heavy atom. The number of hydrogen-bond acceptors (Lipinski definition) is 3. The molecular weight excluding hydrogens is 308 g/mol. The molecule has 1 atom stereocenters. The highest BCUT2D eigenvalue weighted by molar-refractivity contribution is 9.10. The number of rotatable bonds is 6. The number of hydrogen-bond donors (Lipinski definition) is 1. The summed E-state index contributed by atoms with van der Waals surface area (Å²) in [6.45, 7) is 2.07. The van der Waals surface area contributed by atoms with Gasteiger partial charge in [-0.05, 0) is 40.9 Å². The van der Waals surface area contributed by atoms with Crippen LogP contribution in [0.25, 0.3) is 0 Å². The van der Waals surface area contributed by atoms with E-state index in [0.29, 0.717) is 12.8 Å². The standard InChI is InChI=1S/C14H19BrN2O2/c1-3-12-14(15)13(17(2)16-12)9-10(18)6-7-11-5-4-8-19-11/h4-5,8,10,18H,3,6-7,9H2,1-2H3. The third-order valence-corrected chi connectivity index (χ3v) is 4.15. The van der Waals surface area contributed by atoms with Crippen LogP contribution in [0.4, 0.5) is 0 Å². The predicted molar refractivity (Wildman–Crippen MR) is 77.0 cm³/mol. The molecule has 2 aromatic rings. The lowest BCUT2D eigenvalue weighted by Crippen LogP contribution is -2.14. The highest BCUT2D eigenvalue weighted by Crippen LogP contribution is 2.23. The van der Waals surface area contributed by atoms with Crippen LogP contribution < -0.4 is 0 Å². The van der Waals surface area contributed by atoms with Crippen molar-refractivity contribution in [1.29, 1.82) is 0 Å². The molecule has 104 valence electrons. The molecule has 0 amide bonds. The molecule has 0 saturated carbocycles. The van der Waals surface area contributed by atoms with Gasteiger partial charge in [-0.1, -0.05) is 6.92 Å². The van der Waals surface area contributed by atoms with Gasteiger partial charge >= 0.3 is 0 Å². The van der Waals surface area contributed by atoms with E-state index in [0.717, 1.165) is 34.5 Å². The molecule has 0 aromatic carbocycles. The monoisotopic (exact) mass is 326 g/mol. The van der Waals surface area contributed by atoms with E-state index in [9.17, 15) is 5.11 Å². The molecule has 2 aromatic heterocycles. The first-order chi connectivity index (χ1) is 9.11. The number of nitrogens with zero attached hydrogens (tertiary/aromatic N) is 2. The van der Waals surface area contributed by atoms with Crippen molar-refractivity contribution in [1.82, 2.24) is 9.78 Å². The molecule has 1 unspecified atom stereocenters. The topological polar surface area (TPSA) is 51.2 Å². The molecule has 0 spiro atoms. The van der Waals surface area contributed by atoms with Gasteiger partial charge in [0.1, 0.15) is 5.76 Å². The normalized spacial score (nSPS) is 12.8. The van der Waals surface area contributed by atoms with Crippen molar-refractivity contribution in [3.05, 3.63) is 40.0 Å². The fourth-order valence-electron chi connectivity index (χ4n) is 2.13. The number of aliphatic hydroxyl groups excluding tert-OH is 1. The van der Waals surface area contributed by atoms with E-state index >= 15 is 0 Å². The van der Waals surface area contributed by atoms with Gasteiger partial charge in [-0.15, -0.1) is 0 Å². The van der Waals surface area contributed by atoms with E-state index in [2.05, 4.69) is 28.0 Å². The Morgan fingerprint density at radius 3 is 2.89 bits per heavy atom. The lowest BCUT2D eigenvalue weighted by Gasteiger charge is -2.10. The van der Waals surface area contributed by atoms with Crippen LogP contribution in [0.2, 0.25) is 0 Å². The number of halogens is 1. The van der Waals surface area contributed by atoms with Crippen molar-refractivity contribution in [2.24, 2.45) is 7.05 Å². The molecule has 0 aliphatic carbocycles.